The monoisotopic (exact) mass is 271 g/mol. The third kappa shape index (κ3) is 1.77. The SMILES string of the molecule is O=c1c2ccccc2sn1CCCBr. The maximum absolute atomic E-state index is 11.8. The van der Waals surface area contributed by atoms with Crippen LogP contribution >= 0.6 is 27.5 Å². The predicted molar refractivity (Wildman–Crippen MR) is 64.5 cm³/mol. The van der Waals surface area contributed by atoms with Crippen LogP contribution in [0.1, 0.15) is 6.42 Å². The van der Waals surface area contributed by atoms with E-state index in [-0.39, 0.29) is 5.56 Å². The van der Waals surface area contributed by atoms with Crippen LogP contribution in [-0.4, -0.2) is 9.29 Å². The normalized spacial score (nSPS) is 10.9. The Bertz CT molecular complexity index is 488. The van der Waals surface area contributed by atoms with Gasteiger partial charge in [-0.3, -0.25) is 8.75 Å². The average molecular weight is 272 g/mol. The van der Waals surface area contributed by atoms with E-state index in [1.54, 1.807) is 11.5 Å². The summed E-state index contributed by atoms with van der Waals surface area (Å²) in [5.41, 5.74) is 0.145. The van der Waals surface area contributed by atoms with Gasteiger partial charge in [0.15, 0.2) is 0 Å². The summed E-state index contributed by atoms with van der Waals surface area (Å²) >= 11 is 4.91. The number of alkyl halides is 1. The Morgan fingerprint density at radius 3 is 2.86 bits per heavy atom. The fraction of sp³-hybridized carbons (Fsp3) is 0.300. The van der Waals surface area contributed by atoms with E-state index in [9.17, 15) is 4.79 Å². The molecule has 2 nitrogen and oxygen atoms in total. The number of fused-ring (bicyclic) bond motifs is 1. The Morgan fingerprint density at radius 1 is 1.36 bits per heavy atom. The molecule has 0 N–H and O–H groups in total. The van der Waals surface area contributed by atoms with Crippen molar-refractivity contribution in [2.45, 2.75) is 13.0 Å². The molecule has 0 unspecified atom stereocenters. The number of benzene rings is 1. The molecule has 0 aliphatic carbocycles. The van der Waals surface area contributed by atoms with Crippen LogP contribution in [0.5, 0.6) is 0 Å². The molecule has 2 rings (SSSR count). The fourth-order valence-corrected chi connectivity index (χ4v) is 2.65. The lowest BCUT2D eigenvalue weighted by molar-refractivity contribution is 0.725. The minimum atomic E-state index is 0.145. The van der Waals surface area contributed by atoms with Gasteiger partial charge in [-0.25, -0.2) is 0 Å². The molecule has 1 aromatic heterocycles. The molecule has 14 heavy (non-hydrogen) atoms. The molecule has 1 heterocycles. The molecule has 0 aliphatic rings. The molecule has 1 aromatic carbocycles. The molecule has 0 amide bonds. The van der Waals surface area contributed by atoms with Gasteiger partial charge in [0.1, 0.15) is 0 Å². The van der Waals surface area contributed by atoms with E-state index in [0.29, 0.717) is 0 Å². The largest absolute Gasteiger partial charge is 0.268 e. The summed E-state index contributed by atoms with van der Waals surface area (Å²) in [4.78, 5) is 11.8. The standard InChI is InChI=1S/C10H10BrNOS/c11-6-3-7-12-10(13)8-4-1-2-5-9(8)14-12/h1-2,4-5H,3,6-7H2. The van der Waals surface area contributed by atoms with Crippen LogP contribution in [0.2, 0.25) is 0 Å². The van der Waals surface area contributed by atoms with Crippen molar-refractivity contribution in [2.75, 3.05) is 5.33 Å². The van der Waals surface area contributed by atoms with Crippen molar-refractivity contribution in [2.24, 2.45) is 0 Å². The highest BCUT2D eigenvalue weighted by atomic mass is 79.9. The average Bonchev–Trinajstić information content (AvgIpc) is 2.54. The molecular weight excluding hydrogens is 262 g/mol. The van der Waals surface area contributed by atoms with Crippen LogP contribution in [0.3, 0.4) is 0 Å². The number of nitrogens with zero attached hydrogens (tertiary/aromatic N) is 1. The van der Waals surface area contributed by atoms with Gasteiger partial charge in [-0.15, -0.1) is 0 Å². The van der Waals surface area contributed by atoms with Crippen molar-refractivity contribution in [3.63, 3.8) is 0 Å². The Hall–Kier alpha value is -0.610. The number of aromatic nitrogens is 1. The van der Waals surface area contributed by atoms with Crippen LogP contribution in [0, 0.1) is 0 Å². The molecule has 0 saturated carbocycles. The van der Waals surface area contributed by atoms with Crippen LogP contribution < -0.4 is 5.56 Å². The first-order valence-corrected chi connectivity index (χ1v) is 6.37. The number of halogens is 1. The highest BCUT2D eigenvalue weighted by Gasteiger charge is 2.05. The van der Waals surface area contributed by atoms with E-state index in [4.69, 9.17) is 0 Å². The second kappa shape index (κ2) is 4.28. The van der Waals surface area contributed by atoms with E-state index >= 15 is 0 Å². The number of hydrogen-bond acceptors (Lipinski definition) is 2. The van der Waals surface area contributed by atoms with Gasteiger partial charge >= 0.3 is 0 Å². The second-order valence-electron chi connectivity index (χ2n) is 3.04. The van der Waals surface area contributed by atoms with Gasteiger partial charge in [0.2, 0.25) is 0 Å². The molecule has 0 saturated heterocycles. The molecule has 0 bridgehead atoms. The summed E-state index contributed by atoms with van der Waals surface area (Å²) in [6.45, 7) is 0.809. The lowest BCUT2D eigenvalue weighted by Crippen LogP contribution is -2.12. The maximum atomic E-state index is 11.8. The van der Waals surface area contributed by atoms with Crippen molar-refractivity contribution in [3.8, 4) is 0 Å². The lowest BCUT2D eigenvalue weighted by Gasteiger charge is -1.94. The van der Waals surface area contributed by atoms with Gasteiger partial charge < -0.3 is 0 Å². The number of aryl methyl sites for hydroxylation is 1. The predicted octanol–water partition coefficient (Wildman–Crippen LogP) is 2.85. The zero-order valence-corrected chi connectivity index (χ0v) is 9.97. The summed E-state index contributed by atoms with van der Waals surface area (Å²) < 4.78 is 2.90. The fourth-order valence-electron chi connectivity index (χ4n) is 1.37. The Balaban J connectivity index is 2.47. The maximum Gasteiger partial charge on any atom is 0.268 e. The van der Waals surface area contributed by atoms with E-state index in [1.165, 1.54) is 0 Å². The molecule has 4 heteroatoms. The lowest BCUT2D eigenvalue weighted by atomic mass is 10.3. The van der Waals surface area contributed by atoms with Crippen molar-refractivity contribution in [1.29, 1.82) is 0 Å². The first-order chi connectivity index (χ1) is 6.83. The second-order valence-corrected chi connectivity index (χ2v) is 4.89. The quantitative estimate of drug-likeness (QED) is 0.787. The summed E-state index contributed by atoms with van der Waals surface area (Å²) in [5, 5.41) is 1.78. The van der Waals surface area contributed by atoms with Crippen LogP contribution in [0.25, 0.3) is 10.1 Å². The van der Waals surface area contributed by atoms with Crippen molar-refractivity contribution < 1.29 is 0 Å². The van der Waals surface area contributed by atoms with Gasteiger partial charge in [0, 0.05) is 11.9 Å². The first kappa shape index (κ1) is 9.93. The third-order valence-corrected chi connectivity index (χ3v) is 3.73. The molecule has 0 aliphatic heterocycles. The van der Waals surface area contributed by atoms with E-state index < -0.39 is 0 Å². The van der Waals surface area contributed by atoms with E-state index in [0.717, 1.165) is 28.4 Å². The van der Waals surface area contributed by atoms with Gasteiger partial charge in [-0.05, 0) is 18.6 Å². The molecule has 0 fully saturated rings. The smallest absolute Gasteiger partial charge is 0.268 e. The topological polar surface area (TPSA) is 22.0 Å². The van der Waals surface area contributed by atoms with Crippen LogP contribution in [0.4, 0.5) is 0 Å². The zero-order chi connectivity index (χ0) is 9.97. The molecule has 0 radical (unpaired) electrons. The molecular formula is C10H10BrNOS. The summed E-state index contributed by atoms with van der Waals surface area (Å²) in [7, 11) is 0. The molecule has 74 valence electrons. The molecule has 0 spiro atoms. The Labute approximate surface area is 94.4 Å². The van der Waals surface area contributed by atoms with Crippen molar-refractivity contribution in [1.82, 2.24) is 3.96 Å². The summed E-state index contributed by atoms with van der Waals surface area (Å²) in [5.74, 6) is 0. The van der Waals surface area contributed by atoms with Crippen molar-refractivity contribution >= 4 is 37.5 Å². The Morgan fingerprint density at radius 2 is 2.14 bits per heavy atom. The number of hydrogen-bond donors (Lipinski definition) is 0. The Kier molecular flexibility index (Phi) is 3.03. The highest BCUT2D eigenvalue weighted by molar-refractivity contribution is 9.09. The summed E-state index contributed by atoms with van der Waals surface area (Å²) in [6, 6.07) is 7.75. The molecule has 0 atom stereocenters. The van der Waals surface area contributed by atoms with E-state index in [1.807, 2.05) is 28.2 Å². The van der Waals surface area contributed by atoms with Gasteiger partial charge in [0.25, 0.3) is 5.56 Å². The minimum absolute atomic E-state index is 0.145. The van der Waals surface area contributed by atoms with Crippen LogP contribution in [0.15, 0.2) is 29.1 Å². The van der Waals surface area contributed by atoms with Crippen molar-refractivity contribution in [3.05, 3.63) is 34.6 Å². The van der Waals surface area contributed by atoms with Gasteiger partial charge in [0.05, 0.1) is 10.1 Å². The van der Waals surface area contributed by atoms with Gasteiger partial charge in [-0.1, -0.05) is 39.6 Å². The summed E-state index contributed by atoms with van der Waals surface area (Å²) in [6.07, 6.45) is 0.993. The number of rotatable bonds is 3. The highest BCUT2D eigenvalue weighted by Crippen LogP contribution is 2.15. The van der Waals surface area contributed by atoms with Crippen LogP contribution in [-0.2, 0) is 6.54 Å². The zero-order valence-electron chi connectivity index (χ0n) is 7.57. The first-order valence-electron chi connectivity index (χ1n) is 4.48. The van der Waals surface area contributed by atoms with Gasteiger partial charge in [-0.2, -0.15) is 0 Å². The van der Waals surface area contributed by atoms with E-state index in [2.05, 4.69) is 15.9 Å². The molecule has 2 aromatic rings. The third-order valence-electron chi connectivity index (χ3n) is 2.05. The minimum Gasteiger partial charge on any atom is -0.268 e.